The first kappa shape index (κ1) is 18.0. The molecule has 0 spiro atoms. The first-order valence-corrected chi connectivity index (χ1v) is 9.44. The largest absolute Gasteiger partial charge is 0.377 e. The molecule has 0 bridgehead atoms. The van der Waals surface area contributed by atoms with Gasteiger partial charge in [-0.05, 0) is 33.9 Å². The molecule has 1 heteroatoms. The molecule has 0 saturated heterocycles. The van der Waals surface area contributed by atoms with E-state index in [1.165, 1.54) is 0 Å². The zero-order valence-corrected chi connectivity index (χ0v) is 15.6. The predicted octanol–water partition coefficient (Wildman–Crippen LogP) is 6.05. The first-order chi connectivity index (χ1) is 13.8. The van der Waals surface area contributed by atoms with Crippen LogP contribution in [0.4, 0.5) is 0 Å². The summed E-state index contributed by atoms with van der Waals surface area (Å²) in [4.78, 5) is 0. The van der Waals surface area contributed by atoms with Crippen LogP contribution in [0.15, 0.2) is 127 Å². The van der Waals surface area contributed by atoms with Gasteiger partial charge in [0.05, 0.1) is 0 Å². The van der Waals surface area contributed by atoms with Gasteiger partial charge in [0, 0.05) is 0 Å². The molecule has 136 valence electrons. The second-order valence-corrected chi connectivity index (χ2v) is 6.79. The zero-order valence-electron chi connectivity index (χ0n) is 15.6. The van der Waals surface area contributed by atoms with Crippen molar-refractivity contribution < 1.29 is 5.11 Å². The molecule has 0 aliphatic heterocycles. The zero-order chi connectivity index (χ0) is 19.2. The van der Waals surface area contributed by atoms with E-state index >= 15 is 0 Å². The van der Waals surface area contributed by atoms with Crippen LogP contribution < -0.4 is 0 Å². The molecule has 0 atom stereocenters. The Morgan fingerprint density at radius 1 is 0.500 bits per heavy atom. The van der Waals surface area contributed by atoms with Gasteiger partial charge in [0.25, 0.3) is 0 Å². The lowest BCUT2D eigenvalue weighted by Crippen LogP contribution is -2.25. The van der Waals surface area contributed by atoms with E-state index in [4.69, 9.17) is 0 Å². The lowest BCUT2D eigenvalue weighted by Gasteiger charge is -2.28. The van der Waals surface area contributed by atoms with Gasteiger partial charge in [-0.2, -0.15) is 0 Å². The fraction of sp³-hybridized carbons (Fsp3) is 0.0370. The summed E-state index contributed by atoms with van der Waals surface area (Å²) in [6, 6.07) is 40.1. The van der Waals surface area contributed by atoms with Crippen molar-refractivity contribution in [1.29, 1.82) is 0 Å². The first-order valence-electron chi connectivity index (χ1n) is 9.44. The van der Waals surface area contributed by atoms with Crippen molar-refractivity contribution in [2.24, 2.45) is 0 Å². The van der Waals surface area contributed by atoms with Crippen LogP contribution in [0.1, 0.15) is 22.3 Å². The Morgan fingerprint density at radius 2 is 0.821 bits per heavy atom. The molecule has 0 heterocycles. The average molecular weight is 362 g/mol. The summed E-state index contributed by atoms with van der Waals surface area (Å²) in [5.74, 6) is 0. The third kappa shape index (κ3) is 3.66. The lowest BCUT2D eigenvalue weighted by atomic mass is 9.82. The molecule has 0 aliphatic rings. The van der Waals surface area contributed by atoms with Crippen molar-refractivity contribution in [3.63, 3.8) is 0 Å². The van der Waals surface area contributed by atoms with Crippen LogP contribution in [0, 0.1) is 0 Å². The number of hydrogen-bond acceptors (Lipinski definition) is 1. The summed E-state index contributed by atoms with van der Waals surface area (Å²) in [5.41, 5.74) is 3.56. The molecule has 4 aromatic rings. The highest BCUT2D eigenvalue weighted by Gasteiger charge is 2.30. The lowest BCUT2D eigenvalue weighted by molar-refractivity contribution is 0.135. The second-order valence-electron chi connectivity index (χ2n) is 6.79. The third-order valence-corrected chi connectivity index (χ3v) is 4.95. The number of benzene rings is 4. The number of hydrogen-bond donors (Lipinski definition) is 1. The maximum Gasteiger partial charge on any atom is 0.134 e. The molecule has 0 aliphatic carbocycles. The average Bonchev–Trinajstić information content (AvgIpc) is 2.80. The summed E-state index contributed by atoms with van der Waals surface area (Å²) < 4.78 is 0. The van der Waals surface area contributed by atoms with Crippen molar-refractivity contribution in [3.8, 4) is 0 Å². The fourth-order valence-corrected chi connectivity index (χ4v) is 3.50. The second kappa shape index (κ2) is 8.08. The molecule has 1 N–H and O–H groups in total. The van der Waals surface area contributed by atoms with E-state index in [-0.39, 0.29) is 0 Å². The highest BCUT2D eigenvalue weighted by atomic mass is 16.3. The Kier molecular flexibility index (Phi) is 5.18. The monoisotopic (exact) mass is 362 g/mol. The number of aliphatic hydroxyl groups is 1. The standard InChI is InChI=1S/C27H22O/c28-27(24-17-9-3-10-18-24,25-19-11-4-12-20-25)21-26(22-13-5-1-6-14-22)23-15-7-2-8-16-23/h1-21,28H. The Morgan fingerprint density at radius 3 is 1.18 bits per heavy atom. The van der Waals surface area contributed by atoms with E-state index in [0.29, 0.717) is 0 Å². The van der Waals surface area contributed by atoms with Crippen LogP contribution in [-0.2, 0) is 5.60 Å². The van der Waals surface area contributed by atoms with E-state index in [0.717, 1.165) is 27.8 Å². The Bertz CT molecular complexity index is 955. The quantitative estimate of drug-likeness (QED) is 0.458. The third-order valence-electron chi connectivity index (χ3n) is 4.95. The van der Waals surface area contributed by atoms with Crippen LogP contribution in [0.3, 0.4) is 0 Å². The van der Waals surface area contributed by atoms with Crippen LogP contribution >= 0.6 is 0 Å². The van der Waals surface area contributed by atoms with Crippen molar-refractivity contribution in [2.75, 3.05) is 0 Å². The number of rotatable bonds is 5. The van der Waals surface area contributed by atoms with Crippen LogP contribution in [0.2, 0.25) is 0 Å². The van der Waals surface area contributed by atoms with Gasteiger partial charge in [-0.3, -0.25) is 0 Å². The molecule has 28 heavy (non-hydrogen) atoms. The Balaban J connectivity index is 1.97. The van der Waals surface area contributed by atoms with Gasteiger partial charge < -0.3 is 5.11 Å². The van der Waals surface area contributed by atoms with Crippen molar-refractivity contribution >= 4 is 5.57 Å². The van der Waals surface area contributed by atoms with Gasteiger partial charge in [0.2, 0.25) is 0 Å². The molecule has 1 nitrogen and oxygen atoms in total. The van der Waals surface area contributed by atoms with Gasteiger partial charge in [-0.1, -0.05) is 121 Å². The molecule has 0 amide bonds. The smallest absolute Gasteiger partial charge is 0.134 e. The van der Waals surface area contributed by atoms with Gasteiger partial charge in [0.15, 0.2) is 0 Å². The van der Waals surface area contributed by atoms with E-state index in [2.05, 4.69) is 24.3 Å². The van der Waals surface area contributed by atoms with Crippen molar-refractivity contribution in [2.45, 2.75) is 5.60 Å². The molecule has 0 radical (unpaired) electrons. The van der Waals surface area contributed by atoms with Crippen molar-refractivity contribution in [3.05, 3.63) is 150 Å². The molecule has 0 unspecified atom stereocenters. The minimum atomic E-state index is -1.25. The Hall–Kier alpha value is -3.42. The highest BCUT2D eigenvalue weighted by Crippen LogP contribution is 2.36. The van der Waals surface area contributed by atoms with Crippen LogP contribution in [0.25, 0.3) is 5.57 Å². The summed E-state index contributed by atoms with van der Waals surface area (Å²) >= 11 is 0. The van der Waals surface area contributed by atoms with Crippen LogP contribution in [0.5, 0.6) is 0 Å². The highest BCUT2D eigenvalue weighted by molar-refractivity contribution is 5.81. The van der Waals surface area contributed by atoms with Gasteiger partial charge in [-0.15, -0.1) is 0 Å². The van der Waals surface area contributed by atoms with Gasteiger partial charge in [-0.25, -0.2) is 0 Å². The molecule has 0 fully saturated rings. The molecule has 4 aromatic carbocycles. The summed E-state index contributed by atoms with van der Waals surface area (Å²) in [7, 11) is 0. The topological polar surface area (TPSA) is 20.2 Å². The molecule has 0 aromatic heterocycles. The molecule has 4 rings (SSSR count). The van der Waals surface area contributed by atoms with E-state index in [1.807, 2.05) is 103 Å². The normalized spacial score (nSPS) is 11.0. The maximum atomic E-state index is 12.0. The SMILES string of the molecule is OC(C=C(c1ccccc1)c1ccccc1)(c1ccccc1)c1ccccc1. The van der Waals surface area contributed by atoms with Crippen LogP contribution in [-0.4, -0.2) is 5.11 Å². The molecular weight excluding hydrogens is 340 g/mol. The van der Waals surface area contributed by atoms with Crippen molar-refractivity contribution in [1.82, 2.24) is 0 Å². The predicted molar refractivity (Wildman–Crippen MR) is 116 cm³/mol. The minimum absolute atomic E-state index is 0.838. The van der Waals surface area contributed by atoms with Gasteiger partial charge in [0.1, 0.15) is 5.60 Å². The summed E-state index contributed by atoms with van der Waals surface area (Å²) in [6.07, 6.45) is 1.97. The maximum absolute atomic E-state index is 12.0. The van der Waals surface area contributed by atoms with Gasteiger partial charge >= 0.3 is 0 Å². The summed E-state index contributed by atoms with van der Waals surface area (Å²) in [6.45, 7) is 0. The van der Waals surface area contributed by atoms with E-state index in [9.17, 15) is 5.11 Å². The Labute approximate surface area is 166 Å². The van der Waals surface area contributed by atoms with E-state index in [1.54, 1.807) is 0 Å². The summed E-state index contributed by atoms with van der Waals surface area (Å²) in [5, 5.41) is 12.0. The fourth-order valence-electron chi connectivity index (χ4n) is 3.50. The molecular formula is C27H22O. The molecule has 0 saturated carbocycles. The van der Waals surface area contributed by atoms with E-state index < -0.39 is 5.60 Å². The minimum Gasteiger partial charge on any atom is -0.377 e.